The number of anilines is 1. The molecule has 1 aromatic heterocycles. The first kappa shape index (κ1) is 14.7. The van der Waals surface area contributed by atoms with Gasteiger partial charge >= 0.3 is 0 Å². The summed E-state index contributed by atoms with van der Waals surface area (Å²) in [4.78, 5) is 10.7. The molecule has 2 heterocycles. The first-order chi connectivity index (χ1) is 9.15. The van der Waals surface area contributed by atoms with Crippen molar-refractivity contribution in [3.8, 4) is 0 Å². The van der Waals surface area contributed by atoms with Crippen LogP contribution < -0.4 is 10.2 Å². The van der Waals surface area contributed by atoms with Crippen LogP contribution in [0.4, 0.5) is 5.13 Å². The quantitative estimate of drug-likeness (QED) is 0.848. The van der Waals surface area contributed by atoms with E-state index in [1.807, 2.05) is 7.05 Å². The van der Waals surface area contributed by atoms with Gasteiger partial charge < -0.3 is 19.9 Å². The van der Waals surface area contributed by atoms with E-state index in [4.69, 9.17) is 9.72 Å². The molecule has 1 saturated heterocycles. The van der Waals surface area contributed by atoms with Crippen LogP contribution in [0.15, 0.2) is 0 Å². The monoisotopic (exact) mass is 284 g/mol. The molecule has 0 aromatic carbocycles. The molecular weight excluding hydrogens is 260 g/mol. The number of methoxy groups -OCH3 is 1. The van der Waals surface area contributed by atoms with Crippen LogP contribution in [0.5, 0.6) is 0 Å². The maximum absolute atomic E-state index is 5.24. The molecule has 0 radical (unpaired) electrons. The first-order valence-corrected chi connectivity index (χ1v) is 7.50. The van der Waals surface area contributed by atoms with Gasteiger partial charge in [0.15, 0.2) is 5.13 Å². The van der Waals surface area contributed by atoms with E-state index in [1.54, 1.807) is 18.4 Å². The molecule has 0 aliphatic carbocycles. The lowest BCUT2D eigenvalue weighted by molar-refractivity contribution is 0.181. The molecule has 5 nitrogen and oxygen atoms in total. The van der Waals surface area contributed by atoms with Crippen molar-refractivity contribution in [3.63, 3.8) is 0 Å². The van der Waals surface area contributed by atoms with Gasteiger partial charge in [0, 0.05) is 37.7 Å². The van der Waals surface area contributed by atoms with Gasteiger partial charge in [-0.2, -0.15) is 0 Å². The molecule has 1 fully saturated rings. The molecule has 0 bridgehead atoms. The number of nitrogens with zero attached hydrogens (tertiary/aromatic N) is 3. The molecular formula is C13H24N4OS. The minimum atomic E-state index is 0.596. The zero-order chi connectivity index (χ0) is 13.8. The molecule has 1 unspecified atom stereocenters. The summed E-state index contributed by atoms with van der Waals surface area (Å²) in [6.45, 7) is 3.63. The summed E-state index contributed by atoms with van der Waals surface area (Å²) in [5, 5.41) is 4.34. The Morgan fingerprint density at radius 1 is 1.53 bits per heavy atom. The minimum Gasteiger partial charge on any atom is -0.378 e. The fourth-order valence-corrected chi connectivity index (χ4v) is 3.50. The average molecular weight is 284 g/mol. The summed E-state index contributed by atoms with van der Waals surface area (Å²) in [5.74, 6) is 0. The van der Waals surface area contributed by atoms with Crippen molar-refractivity contribution in [2.24, 2.45) is 0 Å². The van der Waals surface area contributed by atoms with Crippen LogP contribution in [0.25, 0.3) is 0 Å². The molecule has 6 heteroatoms. The molecule has 0 saturated carbocycles. The van der Waals surface area contributed by atoms with Gasteiger partial charge in [-0.3, -0.25) is 0 Å². The third-order valence-electron chi connectivity index (χ3n) is 3.55. The maximum Gasteiger partial charge on any atom is 0.185 e. The second-order valence-corrected chi connectivity index (χ2v) is 6.24. The SMILES string of the molecule is CNCc1sc(N2CCC(N(C)C)C2)nc1COC. The molecule has 1 N–H and O–H groups in total. The number of thiazole rings is 1. The standard InChI is InChI=1S/C13H24N4OS/c1-14-7-12-11(9-18-4)15-13(19-12)17-6-5-10(8-17)16(2)3/h10,14H,5-9H2,1-4H3. The van der Waals surface area contributed by atoms with E-state index in [0.717, 1.165) is 30.5 Å². The van der Waals surface area contributed by atoms with Crippen molar-refractivity contribution < 1.29 is 4.74 Å². The Morgan fingerprint density at radius 2 is 2.32 bits per heavy atom. The van der Waals surface area contributed by atoms with Crippen molar-refractivity contribution in [1.29, 1.82) is 0 Å². The summed E-state index contributed by atoms with van der Waals surface area (Å²) in [7, 11) is 7.99. The molecule has 2 rings (SSSR count). The smallest absolute Gasteiger partial charge is 0.185 e. The Hall–Kier alpha value is -0.690. The van der Waals surface area contributed by atoms with Gasteiger partial charge in [-0.1, -0.05) is 0 Å². The fraction of sp³-hybridized carbons (Fsp3) is 0.769. The molecule has 19 heavy (non-hydrogen) atoms. The van der Waals surface area contributed by atoms with Crippen LogP contribution in [-0.4, -0.2) is 57.3 Å². The number of likely N-dealkylation sites (N-methyl/N-ethyl adjacent to an activating group) is 1. The van der Waals surface area contributed by atoms with Crippen LogP contribution >= 0.6 is 11.3 Å². The Balaban J connectivity index is 2.10. The number of rotatable bonds is 6. The number of aromatic nitrogens is 1. The van der Waals surface area contributed by atoms with Crippen molar-refractivity contribution in [3.05, 3.63) is 10.6 Å². The molecule has 1 atom stereocenters. The zero-order valence-corrected chi connectivity index (χ0v) is 13.1. The summed E-state index contributed by atoms with van der Waals surface area (Å²) >= 11 is 1.79. The van der Waals surface area contributed by atoms with E-state index >= 15 is 0 Å². The maximum atomic E-state index is 5.24. The van der Waals surface area contributed by atoms with Crippen molar-refractivity contribution >= 4 is 16.5 Å². The van der Waals surface area contributed by atoms with Crippen LogP contribution in [0, 0.1) is 0 Å². The van der Waals surface area contributed by atoms with Crippen LogP contribution in [0.1, 0.15) is 17.0 Å². The Morgan fingerprint density at radius 3 is 2.89 bits per heavy atom. The third-order valence-corrected chi connectivity index (χ3v) is 4.71. The van der Waals surface area contributed by atoms with E-state index in [2.05, 4.69) is 29.2 Å². The minimum absolute atomic E-state index is 0.596. The highest BCUT2D eigenvalue weighted by Gasteiger charge is 2.26. The van der Waals surface area contributed by atoms with Gasteiger partial charge in [0.05, 0.1) is 12.3 Å². The van der Waals surface area contributed by atoms with Crippen molar-refractivity contribution in [1.82, 2.24) is 15.2 Å². The molecule has 108 valence electrons. The molecule has 1 aliphatic heterocycles. The van der Waals surface area contributed by atoms with Gasteiger partial charge in [0.1, 0.15) is 0 Å². The van der Waals surface area contributed by atoms with Crippen molar-refractivity contribution in [2.45, 2.75) is 25.6 Å². The summed E-state index contributed by atoms with van der Waals surface area (Å²) in [6.07, 6.45) is 1.22. The highest BCUT2D eigenvalue weighted by molar-refractivity contribution is 7.15. The van der Waals surface area contributed by atoms with Crippen LogP contribution in [0.3, 0.4) is 0 Å². The highest BCUT2D eigenvalue weighted by Crippen LogP contribution is 2.30. The summed E-state index contributed by atoms with van der Waals surface area (Å²) in [6, 6.07) is 0.641. The van der Waals surface area contributed by atoms with Gasteiger partial charge in [0.25, 0.3) is 0 Å². The summed E-state index contributed by atoms with van der Waals surface area (Å²) < 4.78 is 5.24. The van der Waals surface area contributed by atoms with Gasteiger partial charge in [0.2, 0.25) is 0 Å². The first-order valence-electron chi connectivity index (χ1n) is 6.69. The normalized spacial score (nSPS) is 19.6. The van der Waals surface area contributed by atoms with Crippen LogP contribution in [-0.2, 0) is 17.9 Å². The lowest BCUT2D eigenvalue weighted by Gasteiger charge is -2.19. The predicted molar refractivity (Wildman–Crippen MR) is 79.9 cm³/mol. The van der Waals surface area contributed by atoms with Crippen LogP contribution in [0.2, 0.25) is 0 Å². The Kier molecular flexibility index (Phi) is 5.15. The second kappa shape index (κ2) is 6.65. The molecule has 0 amide bonds. The molecule has 1 aliphatic rings. The lowest BCUT2D eigenvalue weighted by Crippen LogP contribution is -2.31. The molecule has 0 spiro atoms. The van der Waals surface area contributed by atoms with E-state index in [9.17, 15) is 0 Å². The second-order valence-electron chi connectivity index (χ2n) is 5.18. The topological polar surface area (TPSA) is 40.6 Å². The largest absolute Gasteiger partial charge is 0.378 e. The highest BCUT2D eigenvalue weighted by atomic mass is 32.1. The lowest BCUT2D eigenvalue weighted by atomic mass is 10.2. The Bertz CT molecular complexity index is 384. The van der Waals surface area contributed by atoms with E-state index in [1.165, 1.54) is 11.3 Å². The third kappa shape index (κ3) is 3.45. The molecule has 1 aromatic rings. The Labute approximate surface area is 119 Å². The number of hydrogen-bond donors (Lipinski definition) is 1. The predicted octanol–water partition coefficient (Wildman–Crippen LogP) is 1.15. The number of ether oxygens (including phenoxy) is 1. The van der Waals surface area contributed by atoms with Crippen molar-refractivity contribution in [2.75, 3.05) is 46.2 Å². The summed E-state index contributed by atoms with van der Waals surface area (Å²) in [5.41, 5.74) is 1.07. The fourth-order valence-electron chi connectivity index (χ4n) is 2.39. The van der Waals surface area contributed by atoms with Gasteiger partial charge in [-0.15, -0.1) is 11.3 Å². The van der Waals surface area contributed by atoms with E-state index in [-0.39, 0.29) is 0 Å². The zero-order valence-electron chi connectivity index (χ0n) is 12.3. The average Bonchev–Trinajstić information content (AvgIpc) is 2.97. The van der Waals surface area contributed by atoms with Gasteiger partial charge in [-0.05, 0) is 27.6 Å². The van der Waals surface area contributed by atoms with E-state index < -0.39 is 0 Å². The number of nitrogens with one attached hydrogen (secondary N) is 1. The van der Waals surface area contributed by atoms with Gasteiger partial charge in [-0.25, -0.2) is 4.98 Å². The van der Waals surface area contributed by atoms with E-state index in [0.29, 0.717) is 12.6 Å². The number of hydrogen-bond acceptors (Lipinski definition) is 6.